The average Bonchev–Trinajstić information content (AvgIpc) is 0.811. The van der Waals surface area contributed by atoms with Gasteiger partial charge in [-0.25, -0.2) is 0 Å². The predicted molar refractivity (Wildman–Crippen MR) is 16.3 cm³/mol. The minimum atomic E-state index is -3.67. The lowest BCUT2D eigenvalue weighted by Gasteiger charge is -1.55. The van der Waals surface area contributed by atoms with Crippen molar-refractivity contribution in [3.63, 3.8) is 0 Å². The van der Waals surface area contributed by atoms with Crippen molar-refractivity contribution in [1.29, 1.82) is 0 Å². The Morgan fingerprint density at radius 1 is 0.833 bits per heavy atom. The van der Waals surface area contributed by atoms with E-state index in [0.29, 0.717) is 0 Å². The van der Waals surface area contributed by atoms with E-state index in [4.69, 9.17) is 0 Å². The highest BCUT2D eigenvalue weighted by atomic mass is 19.4. The Kier molecular flexibility index (Phi) is 25.2. The topological polar surface area (TPSA) is 63.0 Å². The van der Waals surface area contributed by atoms with Crippen LogP contribution in [-0.4, -0.2) is 18.5 Å². The van der Waals surface area contributed by atoms with Crippen molar-refractivity contribution in [3.8, 4) is 0 Å². The first kappa shape index (κ1) is 17.1. The van der Waals surface area contributed by atoms with Crippen molar-refractivity contribution < 1.29 is 23.9 Å². The summed E-state index contributed by atoms with van der Waals surface area (Å²) in [5.41, 5.74) is 0. The molecule has 0 rings (SSSR count). The van der Waals surface area contributed by atoms with Crippen molar-refractivity contribution in [3.05, 3.63) is 0 Å². The highest BCUT2D eigenvalue weighted by molar-refractivity contribution is 6.33. The van der Waals surface area contributed by atoms with Crippen molar-refractivity contribution in [2.75, 3.05) is 0 Å². The first-order valence-electron chi connectivity index (χ1n) is 0.655. The summed E-state index contributed by atoms with van der Waals surface area (Å²) in [5.74, 6) is 0. The van der Waals surface area contributed by atoms with E-state index in [1.165, 1.54) is 0 Å². The van der Waals surface area contributed by atoms with E-state index in [2.05, 4.69) is 0 Å². The van der Waals surface area contributed by atoms with Gasteiger partial charge >= 0.3 is 7.54 Å². The van der Waals surface area contributed by atoms with Gasteiger partial charge in [-0.15, -0.1) is 0 Å². The molecule has 40 valence electrons. The fourth-order valence-corrected chi connectivity index (χ4v) is 0. The van der Waals surface area contributed by atoms with E-state index in [9.17, 15) is 12.9 Å². The maximum Gasteiger partial charge on any atom is 0.762 e. The van der Waals surface area contributed by atoms with E-state index < -0.39 is 7.54 Å². The molecule has 0 aromatic carbocycles. The fourth-order valence-electron chi connectivity index (χ4n) is 0. The van der Waals surface area contributed by atoms with Gasteiger partial charge in [-0.1, -0.05) is 0 Å². The van der Waals surface area contributed by atoms with Gasteiger partial charge < -0.3 is 11.0 Å². The molecule has 6 heavy (non-hydrogen) atoms. The molecule has 0 aliphatic heterocycles. The summed E-state index contributed by atoms with van der Waals surface area (Å²) < 4.78 is 29.0. The van der Waals surface area contributed by atoms with Crippen LogP contribution in [0, 0.1) is 0 Å². The molecule has 0 aliphatic carbocycles. The third-order valence-electron chi connectivity index (χ3n) is 0. The van der Waals surface area contributed by atoms with Crippen LogP contribution in [0.25, 0.3) is 0 Å². The highest BCUT2D eigenvalue weighted by Crippen LogP contribution is 1.80. The molecule has 0 heterocycles. The molecule has 0 saturated carbocycles. The number of hydrogen-bond acceptors (Lipinski definition) is 0. The molecule has 0 unspecified atom stereocenters. The Morgan fingerprint density at radius 2 is 0.833 bits per heavy atom. The molecule has 0 atom stereocenters. The second-order valence-corrected chi connectivity index (χ2v) is 0.247. The summed E-state index contributed by atoms with van der Waals surface area (Å²) in [6.07, 6.45) is 0. The molecule has 4 N–H and O–H groups in total. The zero-order valence-electron chi connectivity index (χ0n) is 2.71. The van der Waals surface area contributed by atoms with Crippen LogP contribution in [0.2, 0.25) is 0 Å². The predicted octanol–water partition coefficient (Wildman–Crippen LogP) is -0.770. The van der Waals surface area contributed by atoms with Crippen molar-refractivity contribution >= 4 is 7.54 Å². The van der Waals surface area contributed by atoms with Crippen molar-refractivity contribution in [1.82, 2.24) is 0 Å². The number of halogens is 3. The highest BCUT2D eigenvalue weighted by Gasteiger charge is 2.06. The molecule has 0 amide bonds. The molecule has 0 saturated heterocycles. The molecule has 0 aliphatic rings. The van der Waals surface area contributed by atoms with E-state index >= 15 is 0 Å². The monoisotopic (exact) mass is 104 g/mol. The van der Waals surface area contributed by atoms with Crippen LogP contribution in [-0.2, 0) is 0 Å². The van der Waals surface area contributed by atoms with Crippen LogP contribution < -0.4 is 0 Å². The van der Waals surface area contributed by atoms with E-state index in [-0.39, 0.29) is 11.0 Å². The van der Waals surface area contributed by atoms with Crippen LogP contribution in [0.15, 0.2) is 0 Å². The Bertz CT molecular complexity index is 13.5. The largest absolute Gasteiger partial charge is 0.762 e. The zero-order valence-corrected chi connectivity index (χ0v) is 2.71. The molecular formula is H4BF3O2. The summed E-state index contributed by atoms with van der Waals surface area (Å²) in [4.78, 5) is 0. The van der Waals surface area contributed by atoms with E-state index in [1.807, 2.05) is 0 Å². The molecule has 0 radical (unpaired) electrons. The Hall–Kier alpha value is -0.225. The summed E-state index contributed by atoms with van der Waals surface area (Å²) in [5, 5.41) is 0. The van der Waals surface area contributed by atoms with Crippen LogP contribution in [0.4, 0.5) is 12.9 Å². The Balaban J connectivity index is -0.0000000450. The van der Waals surface area contributed by atoms with Crippen LogP contribution in [0.5, 0.6) is 0 Å². The van der Waals surface area contributed by atoms with Gasteiger partial charge in [0.1, 0.15) is 0 Å². The third-order valence-corrected chi connectivity index (χ3v) is 0. The molecule has 0 aromatic rings. The maximum absolute atomic E-state index is 9.67. The van der Waals surface area contributed by atoms with Crippen LogP contribution >= 0.6 is 0 Å². The van der Waals surface area contributed by atoms with Gasteiger partial charge in [0.05, 0.1) is 0 Å². The SMILES string of the molecule is FB(F)F.O.O. The first-order valence-corrected chi connectivity index (χ1v) is 0.655. The van der Waals surface area contributed by atoms with Crippen molar-refractivity contribution in [2.24, 2.45) is 0 Å². The fraction of sp³-hybridized carbons (Fsp3) is 0. The van der Waals surface area contributed by atoms with Crippen LogP contribution in [0.3, 0.4) is 0 Å². The second kappa shape index (κ2) is 8.84. The third kappa shape index (κ3) is 574. The summed E-state index contributed by atoms with van der Waals surface area (Å²) >= 11 is 0. The number of rotatable bonds is 0. The maximum atomic E-state index is 9.67. The normalized spacial score (nSPS) is 4.50. The summed E-state index contributed by atoms with van der Waals surface area (Å²) in [6.45, 7) is 0. The minimum absolute atomic E-state index is 0. The summed E-state index contributed by atoms with van der Waals surface area (Å²) in [7, 11) is -3.67. The first-order chi connectivity index (χ1) is 1.73. The lowest BCUT2D eigenvalue weighted by atomic mass is 10.5. The van der Waals surface area contributed by atoms with Gasteiger partial charge in [0.15, 0.2) is 0 Å². The standard InChI is InChI=1S/BF3.2H2O/c2-1(3)4;;/h;2*1H2. The van der Waals surface area contributed by atoms with E-state index in [1.54, 1.807) is 0 Å². The lowest BCUT2D eigenvalue weighted by molar-refractivity contribution is 0.535. The van der Waals surface area contributed by atoms with Crippen molar-refractivity contribution in [2.45, 2.75) is 0 Å². The lowest BCUT2D eigenvalue weighted by Crippen LogP contribution is -1.76. The Labute approximate surface area is 32.8 Å². The quantitative estimate of drug-likeness (QED) is 0.362. The molecule has 6 heteroatoms. The number of hydrogen-bond donors (Lipinski definition) is 0. The zero-order chi connectivity index (χ0) is 3.58. The van der Waals surface area contributed by atoms with Gasteiger partial charge in [0.25, 0.3) is 0 Å². The molecule has 0 bridgehead atoms. The average molecular weight is 104 g/mol. The minimum Gasteiger partial charge on any atom is -0.412 e. The van der Waals surface area contributed by atoms with Gasteiger partial charge in [0.2, 0.25) is 0 Å². The van der Waals surface area contributed by atoms with Gasteiger partial charge in [-0.05, 0) is 0 Å². The van der Waals surface area contributed by atoms with Gasteiger partial charge in [-0.2, -0.15) is 0 Å². The summed E-state index contributed by atoms with van der Waals surface area (Å²) in [6, 6.07) is 0. The van der Waals surface area contributed by atoms with Gasteiger partial charge in [0, 0.05) is 0 Å². The molecule has 2 nitrogen and oxygen atoms in total. The molecule has 0 aromatic heterocycles. The van der Waals surface area contributed by atoms with E-state index in [0.717, 1.165) is 0 Å². The Morgan fingerprint density at radius 3 is 0.833 bits per heavy atom. The molecular weight excluding hydrogens is 99.8 g/mol. The molecule has 0 fully saturated rings. The van der Waals surface area contributed by atoms with Crippen LogP contribution in [0.1, 0.15) is 0 Å². The second-order valence-electron chi connectivity index (χ2n) is 0.247. The molecule has 0 spiro atoms. The van der Waals surface area contributed by atoms with Gasteiger partial charge in [-0.3, -0.25) is 12.9 Å². The smallest absolute Gasteiger partial charge is 0.412 e.